The molecule has 5 nitrogen and oxygen atoms in total. The fourth-order valence-corrected chi connectivity index (χ4v) is 2.85. The maximum absolute atomic E-state index is 12.3. The summed E-state index contributed by atoms with van der Waals surface area (Å²) in [6.07, 6.45) is 0.869. The van der Waals surface area contributed by atoms with Crippen LogP contribution in [0.1, 0.15) is 25.8 Å². The maximum Gasteiger partial charge on any atom is 0.475 e. The molecule has 136 valence electrons. The van der Waals surface area contributed by atoms with Crippen LogP contribution in [0.15, 0.2) is 42.5 Å². The molecule has 0 bridgehead atoms. The molecule has 5 N–H and O–H groups in total. The highest BCUT2D eigenvalue weighted by Crippen LogP contribution is 2.19. The average Bonchev–Trinajstić information content (AvgIpc) is 2.54. The smallest absolute Gasteiger partial charge is 0.426 e. The first-order valence-electron chi connectivity index (χ1n) is 8.27. The van der Waals surface area contributed by atoms with E-state index >= 15 is 0 Å². The summed E-state index contributed by atoms with van der Waals surface area (Å²) in [6, 6.07) is 13.1. The van der Waals surface area contributed by atoms with Crippen molar-refractivity contribution in [2.24, 2.45) is 11.7 Å². The molecular weight excluding hydrogens is 338 g/mol. The van der Waals surface area contributed by atoms with Crippen LogP contribution in [-0.2, 0) is 11.2 Å². The summed E-state index contributed by atoms with van der Waals surface area (Å²) in [5.41, 5.74) is 7.04. The fourth-order valence-electron chi connectivity index (χ4n) is 2.85. The van der Waals surface area contributed by atoms with Gasteiger partial charge in [-0.15, -0.1) is 12.4 Å². The highest BCUT2D eigenvalue weighted by molar-refractivity contribution is 6.43. The Hall–Kier alpha value is -1.60. The Morgan fingerprint density at radius 2 is 1.80 bits per heavy atom. The highest BCUT2D eigenvalue weighted by Gasteiger charge is 2.28. The number of amides is 1. The van der Waals surface area contributed by atoms with Gasteiger partial charge in [0.15, 0.2) is 0 Å². The summed E-state index contributed by atoms with van der Waals surface area (Å²) >= 11 is 0. The molecule has 2 aromatic rings. The molecule has 0 spiro atoms. The fraction of sp³-hybridized carbons (Fsp3) is 0.389. The maximum atomic E-state index is 12.3. The average molecular weight is 365 g/mol. The number of carbonyl (C=O) groups excluding carboxylic acids is 1. The lowest BCUT2D eigenvalue weighted by molar-refractivity contribution is -0.122. The molecule has 1 amide bonds. The van der Waals surface area contributed by atoms with Crippen molar-refractivity contribution in [3.8, 4) is 0 Å². The molecule has 0 fully saturated rings. The number of carbonyl (C=O) groups is 1. The summed E-state index contributed by atoms with van der Waals surface area (Å²) in [5, 5.41) is 23.7. The Morgan fingerprint density at radius 1 is 1.16 bits per heavy atom. The van der Waals surface area contributed by atoms with Crippen LogP contribution in [0, 0.1) is 5.92 Å². The molecule has 0 aliphatic heterocycles. The number of fused-ring (bicyclic) bond motifs is 1. The summed E-state index contributed by atoms with van der Waals surface area (Å²) < 4.78 is 0. The van der Waals surface area contributed by atoms with Gasteiger partial charge in [-0.1, -0.05) is 56.3 Å². The van der Waals surface area contributed by atoms with Crippen molar-refractivity contribution in [3.05, 3.63) is 48.0 Å². The van der Waals surface area contributed by atoms with E-state index in [0.717, 1.165) is 16.3 Å². The molecule has 7 heteroatoms. The molecule has 0 aliphatic rings. The van der Waals surface area contributed by atoms with Gasteiger partial charge < -0.3 is 21.1 Å². The Bertz CT molecular complexity index is 692. The second-order valence-corrected chi connectivity index (χ2v) is 6.61. The van der Waals surface area contributed by atoms with Gasteiger partial charge in [0, 0.05) is 0 Å². The van der Waals surface area contributed by atoms with E-state index in [4.69, 9.17) is 5.73 Å². The van der Waals surface area contributed by atoms with Crippen LogP contribution in [0.25, 0.3) is 10.8 Å². The zero-order valence-corrected chi connectivity index (χ0v) is 15.4. The molecule has 0 aromatic heterocycles. The first-order valence-corrected chi connectivity index (χ1v) is 8.27. The first kappa shape index (κ1) is 21.4. The molecule has 0 unspecified atom stereocenters. The third kappa shape index (κ3) is 6.01. The highest BCUT2D eigenvalue weighted by atomic mass is 35.5. The molecule has 0 radical (unpaired) electrons. The number of rotatable bonds is 7. The summed E-state index contributed by atoms with van der Waals surface area (Å²) in [7, 11) is -1.60. The van der Waals surface area contributed by atoms with Crippen molar-refractivity contribution in [2.45, 2.75) is 38.7 Å². The van der Waals surface area contributed by atoms with Crippen molar-refractivity contribution in [3.63, 3.8) is 0 Å². The Balaban J connectivity index is 0.00000312. The van der Waals surface area contributed by atoms with Crippen molar-refractivity contribution in [2.75, 3.05) is 0 Å². The van der Waals surface area contributed by atoms with Crippen LogP contribution in [0.3, 0.4) is 0 Å². The summed E-state index contributed by atoms with van der Waals surface area (Å²) in [5.74, 6) is -0.857. The third-order valence-corrected chi connectivity index (χ3v) is 4.07. The second-order valence-electron chi connectivity index (χ2n) is 6.61. The minimum absolute atomic E-state index is 0. The monoisotopic (exact) mass is 364 g/mol. The number of hydrogen-bond donors (Lipinski definition) is 4. The minimum Gasteiger partial charge on any atom is -0.426 e. The zero-order chi connectivity index (χ0) is 17.7. The predicted octanol–water partition coefficient (Wildman–Crippen LogP) is 1.67. The molecule has 25 heavy (non-hydrogen) atoms. The van der Waals surface area contributed by atoms with Crippen LogP contribution in [-0.4, -0.2) is 35.1 Å². The van der Waals surface area contributed by atoms with Crippen molar-refractivity contribution in [1.82, 2.24) is 5.32 Å². The van der Waals surface area contributed by atoms with Crippen LogP contribution in [0.4, 0.5) is 0 Å². The quantitative estimate of drug-likeness (QED) is 0.562. The van der Waals surface area contributed by atoms with E-state index in [2.05, 4.69) is 5.32 Å². The van der Waals surface area contributed by atoms with Crippen LogP contribution in [0.5, 0.6) is 0 Å². The number of nitrogens with one attached hydrogen (secondary N) is 1. The van der Waals surface area contributed by atoms with Crippen molar-refractivity contribution < 1.29 is 14.8 Å². The Labute approximate surface area is 155 Å². The van der Waals surface area contributed by atoms with Gasteiger partial charge in [0.2, 0.25) is 5.91 Å². The van der Waals surface area contributed by atoms with Gasteiger partial charge in [-0.25, -0.2) is 0 Å². The van der Waals surface area contributed by atoms with Gasteiger partial charge in [-0.3, -0.25) is 4.79 Å². The second kappa shape index (κ2) is 9.78. The molecule has 0 saturated heterocycles. The standard InChI is InChI=1S/C18H25BN2O3.ClH/c1-12(2)10-17(19(23)24)21-18(22)16(20)11-14-8-5-7-13-6-3-4-9-15(13)14;/h3-9,12,16-17,23-24H,10-11,20H2,1-2H3,(H,21,22);1H/t16-,17-;/m0./s1. The molecule has 2 atom stereocenters. The van der Waals surface area contributed by atoms with Gasteiger partial charge >= 0.3 is 7.12 Å². The van der Waals surface area contributed by atoms with E-state index in [-0.39, 0.29) is 24.2 Å². The van der Waals surface area contributed by atoms with Gasteiger partial charge in [-0.2, -0.15) is 0 Å². The predicted molar refractivity (Wildman–Crippen MR) is 104 cm³/mol. The van der Waals surface area contributed by atoms with E-state index < -0.39 is 19.1 Å². The van der Waals surface area contributed by atoms with Gasteiger partial charge in [0.25, 0.3) is 0 Å². The lowest BCUT2D eigenvalue weighted by atomic mass is 9.75. The summed E-state index contributed by atoms with van der Waals surface area (Å²) in [4.78, 5) is 12.3. The summed E-state index contributed by atoms with van der Waals surface area (Å²) in [6.45, 7) is 3.91. The van der Waals surface area contributed by atoms with Crippen molar-refractivity contribution >= 4 is 36.2 Å². The topological polar surface area (TPSA) is 95.6 Å². The lowest BCUT2D eigenvalue weighted by Crippen LogP contribution is -2.52. The SMILES string of the molecule is CC(C)C[C@H](NC(=O)[C@@H](N)Cc1cccc2ccccc12)B(O)O.Cl. The Kier molecular flexibility index (Phi) is 8.39. The van der Waals surface area contributed by atoms with Crippen molar-refractivity contribution in [1.29, 1.82) is 0 Å². The molecular formula is C18H26BClN2O3. The lowest BCUT2D eigenvalue weighted by Gasteiger charge is -2.22. The number of hydrogen-bond acceptors (Lipinski definition) is 4. The van der Waals surface area contributed by atoms with Crippen LogP contribution < -0.4 is 11.1 Å². The van der Waals surface area contributed by atoms with E-state index in [1.807, 2.05) is 56.3 Å². The number of halogens is 1. The van der Waals surface area contributed by atoms with Gasteiger partial charge in [0.1, 0.15) is 0 Å². The molecule has 2 rings (SSSR count). The first-order chi connectivity index (χ1) is 11.4. The molecule has 0 heterocycles. The van der Waals surface area contributed by atoms with Gasteiger partial charge in [0.05, 0.1) is 12.0 Å². The zero-order valence-electron chi connectivity index (χ0n) is 14.6. The van der Waals surface area contributed by atoms with E-state index in [9.17, 15) is 14.8 Å². The van der Waals surface area contributed by atoms with E-state index in [1.165, 1.54) is 0 Å². The largest absolute Gasteiger partial charge is 0.475 e. The molecule has 2 aromatic carbocycles. The van der Waals surface area contributed by atoms with Crippen LogP contribution in [0.2, 0.25) is 0 Å². The van der Waals surface area contributed by atoms with E-state index in [0.29, 0.717) is 12.8 Å². The molecule has 0 aliphatic carbocycles. The third-order valence-electron chi connectivity index (χ3n) is 4.07. The van der Waals surface area contributed by atoms with E-state index in [1.54, 1.807) is 0 Å². The number of benzene rings is 2. The number of nitrogens with two attached hydrogens (primary N) is 1. The van der Waals surface area contributed by atoms with Crippen LogP contribution >= 0.6 is 12.4 Å². The minimum atomic E-state index is -1.60. The normalized spacial score (nSPS) is 13.2. The Morgan fingerprint density at radius 3 is 2.44 bits per heavy atom. The van der Waals surface area contributed by atoms with Gasteiger partial charge in [-0.05, 0) is 35.1 Å². The molecule has 0 saturated carbocycles.